The van der Waals surface area contributed by atoms with Gasteiger partial charge in [0.25, 0.3) is 5.91 Å². The SMILES string of the molecule is CC(C)(N)CNc1nccnc1C(N)=O. The Labute approximate surface area is 88.1 Å². The standard InChI is InChI=1S/C9H15N5O/c1-9(2,11)5-14-8-6(7(10)15)12-3-4-13-8/h3-4H,5,11H2,1-2H3,(H2,10,15)(H,13,14). The van der Waals surface area contributed by atoms with Gasteiger partial charge < -0.3 is 16.8 Å². The molecule has 0 unspecified atom stereocenters. The maximum absolute atomic E-state index is 11.0. The lowest BCUT2D eigenvalue weighted by atomic mass is 10.1. The van der Waals surface area contributed by atoms with E-state index < -0.39 is 11.4 Å². The van der Waals surface area contributed by atoms with Gasteiger partial charge in [-0.15, -0.1) is 0 Å². The van der Waals surface area contributed by atoms with Gasteiger partial charge in [0.2, 0.25) is 0 Å². The van der Waals surface area contributed by atoms with Crippen LogP contribution in [0, 0.1) is 0 Å². The predicted octanol–water partition coefficient (Wildman–Crippen LogP) is -0.275. The molecule has 0 radical (unpaired) electrons. The summed E-state index contributed by atoms with van der Waals surface area (Å²) in [6.07, 6.45) is 2.90. The van der Waals surface area contributed by atoms with Crippen LogP contribution >= 0.6 is 0 Å². The quantitative estimate of drug-likeness (QED) is 0.632. The number of hydrogen-bond donors (Lipinski definition) is 3. The Morgan fingerprint density at radius 1 is 1.47 bits per heavy atom. The fraction of sp³-hybridized carbons (Fsp3) is 0.444. The topological polar surface area (TPSA) is 107 Å². The van der Waals surface area contributed by atoms with Crippen molar-refractivity contribution in [3.63, 3.8) is 0 Å². The second-order valence-electron chi connectivity index (χ2n) is 3.96. The molecule has 0 aliphatic rings. The molecule has 0 spiro atoms. The van der Waals surface area contributed by atoms with E-state index in [9.17, 15) is 4.79 Å². The van der Waals surface area contributed by atoms with E-state index in [0.717, 1.165) is 0 Å². The molecule has 1 aromatic heterocycles. The van der Waals surface area contributed by atoms with Gasteiger partial charge in [0.1, 0.15) is 0 Å². The lowest BCUT2D eigenvalue weighted by Gasteiger charge is -2.19. The molecule has 1 rings (SSSR count). The van der Waals surface area contributed by atoms with Gasteiger partial charge >= 0.3 is 0 Å². The first kappa shape index (κ1) is 11.4. The molecule has 0 fully saturated rings. The third-order valence-electron chi connectivity index (χ3n) is 1.64. The predicted molar refractivity (Wildman–Crippen MR) is 57.3 cm³/mol. The highest BCUT2D eigenvalue weighted by atomic mass is 16.1. The van der Waals surface area contributed by atoms with Crippen LogP contribution in [0.1, 0.15) is 24.3 Å². The third-order valence-corrected chi connectivity index (χ3v) is 1.64. The molecule has 0 saturated heterocycles. The number of rotatable bonds is 4. The van der Waals surface area contributed by atoms with Crippen molar-refractivity contribution in [3.8, 4) is 0 Å². The smallest absolute Gasteiger partial charge is 0.271 e. The van der Waals surface area contributed by atoms with Gasteiger partial charge in [-0.05, 0) is 13.8 Å². The van der Waals surface area contributed by atoms with E-state index >= 15 is 0 Å². The zero-order chi connectivity index (χ0) is 11.5. The lowest BCUT2D eigenvalue weighted by molar-refractivity contribution is 0.0996. The summed E-state index contributed by atoms with van der Waals surface area (Å²) >= 11 is 0. The molecule has 0 aliphatic heterocycles. The maximum atomic E-state index is 11.0. The Bertz CT molecular complexity index is 358. The number of hydrogen-bond acceptors (Lipinski definition) is 5. The lowest BCUT2D eigenvalue weighted by Crippen LogP contribution is -2.40. The van der Waals surface area contributed by atoms with Crippen LogP contribution < -0.4 is 16.8 Å². The molecule has 6 heteroatoms. The van der Waals surface area contributed by atoms with Gasteiger partial charge in [0.05, 0.1) is 0 Å². The van der Waals surface area contributed by atoms with Crippen LogP contribution in [-0.4, -0.2) is 28.0 Å². The van der Waals surface area contributed by atoms with Crippen LogP contribution in [0.15, 0.2) is 12.4 Å². The van der Waals surface area contributed by atoms with Crippen molar-refractivity contribution in [1.82, 2.24) is 9.97 Å². The van der Waals surface area contributed by atoms with Gasteiger partial charge in [-0.1, -0.05) is 0 Å². The zero-order valence-electron chi connectivity index (χ0n) is 8.82. The Hall–Kier alpha value is -1.69. The van der Waals surface area contributed by atoms with Gasteiger partial charge in [0, 0.05) is 24.5 Å². The van der Waals surface area contributed by atoms with Crippen LogP contribution in [0.5, 0.6) is 0 Å². The number of nitrogens with two attached hydrogens (primary N) is 2. The van der Waals surface area contributed by atoms with Crippen molar-refractivity contribution in [3.05, 3.63) is 18.1 Å². The summed E-state index contributed by atoms with van der Waals surface area (Å²) in [6, 6.07) is 0. The normalized spacial score (nSPS) is 11.1. The van der Waals surface area contributed by atoms with Crippen LogP contribution in [0.3, 0.4) is 0 Å². The van der Waals surface area contributed by atoms with Crippen molar-refractivity contribution in [2.24, 2.45) is 11.5 Å². The highest BCUT2D eigenvalue weighted by Gasteiger charge is 2.14. The first-order chi connectivity index (χ1) is 6.90. The summed E-state index contributed by atoms with van der Waals surface area (Å²) in [4.78, 5) is 18.8. The first-order valence-electron chi connectivity index (χ1n) is 4.54. The second kappa shape index (κ2) is 4.22. The summed E-state index contributed by atoms with van der Waals surface area (Å²) in [5, 5.41) is 2.94. The fourth-order valence-electron chi connectivity index (χ4n) is 0.959. The minimum atomic E-state index is -0.611. The van der Waals surface area contributed by atoms with E-state index in [2.05, 4.69) is 15.3 Å². The highest BCUT2D eigenvalue weighted by molar-refractivity contribution is 5.95. The Kier molecular flexibility index (Phi) is 3.21. The molecule has 0 saturated carbocycles. The van der Waals surface area contributed by atoms with E-state index in [1.54, 1.807) is 0 Å². The monoisotopic (exact) mass is 209 g/mol. The van der Waals surface area contributed by atoms with Crippen molar-refractivity contribution >= 4 is 11.7 Å². The molecule has 1 aromatic rings. The number of amides is 1. The zero-order valence-corrected chi connectivity index (χ0v) is 8.82. The summed E-state index contributed by atoms with van der Waals surface area (Å²) in [7, 11) is 0. The van der Waals surface area contributed by atoms with Crippen LogP contribution in [0.4, 0.5) is 5.82 Å². The number of nitrogens with zero attached hydrogens (tertiary/aromatic N) is 2. The average molecular weight is 209 g/mol. The minimum Gasteiger partial charge on any atom is -0.366 e. The van der Waals surface area contributed by atoms with E-state index in [0.29, 0.717) is 12.4 Å². The third kappa shape index (κ3) is 3.51. The van der Waals surface area contributed by atoms with Crippen LogP contribution in [0.2, 0.25) is 0 Å². The van der Waals surface area contributed by atoms with E-state index in [1.165, 1.54) is 12.4 Å². The van der Waals surface area contributed by atoms with Crippen molar-refractivity contribution in [2.75, 3.05) is 11.9 Å². The van der Waals surface area contributed by atoms with E-state index in [1.807, 2.05) is 13.8 Å². The number of aromatic nitrogens is 2. The summed E-state index contributed by atoms with van der Waals surface area (Å²) in [5.74, 6) is -0.246. The van der Waals surface area contributed by atoms with Gasteiger partial charge in [-0.3, -0.25) is 4.79 Å². The number of carbonyl (C=O) groups excluding carboxylic acids is 1. The second-order valence-corrected chi connectivity index (χ2v) is 3.96. The van der Waals surface area contributed by atoms with Crippen LogP contribution in [0.25, 0.3) is 0 Å². The molecule has 6 nitrogen and oxygen atoms in total. The maximum Gasteiger partial charge on any atom is 0.271 e. The molecule has 5 N–H and O–H groups in total. The molecule has 1 heterocycles. The molecule has 0 atom stereocenters. The molecule has 0 aromatic carbocycles. The molecule has 0 aliphatic carbocycles. The van der Waals surface area contributed by atoms with Gasteiger partial charge in [0.15, 0.2) is 11.5 Å². The van der Waals surface area contributed by atoms with Gasteiger partial charge in [-0.25, -0.2) is 9.97 Å². The van der Waals surface area contributed by atoms with E-state index in [-0.39, 0.29) is 5.69 Å². The average Bonchev–Trinajstić information content (AvgIpc) is 2.14. The summed E-state index contributed by atoms with van der Waals surface area (Å²) in [5.41, 5.74) is 10.7. The number of carbonyl (C=O) groups is 1. The fourth-order valence-corrected chi connectivity index (χ4v) is 0.959. The number of anilines is 1. The van der Waals surface area contributed by atoms with Gasteiger partial charge in [-0.2, -0.15) is 0 Å². The van der Waals surface area contributed by atoms with Crippen LogP contribution in [-0.2, 0) is 0 Å². The van der Waals surface area contributed by atoms with E-state index in [4.69, 9.17) is 11.5 Å². The molecule has 1 amide bonds. The number of nitrogens with one attached hydrogen (secondary N) is 1. The molecule has 82 valence electrons. The van der Waals surface area contributed by atoms with Crippen molar-refractivity contribution < 1.29 is 4.79 Å². The first-order valence-corrected chi connectivity index (χ1v) is 4.54. The molecular formula is C9H15N5O. The molecule has 15 heavy (non-hydrogen) atoms. The minimum absolute atomic E-state index is 0.127. The van der Waals surface area contributed by atoms with Crippen molar-refractivity contribution in [1.29, 1.82) is 0 Å². The highest BCUT2D eigenvalue weighted by Crippen LogP contribution is 2.08. The summed E-state index contributed by atoms with van der Waals surface area (Å²) < 4.78 is 0. The Morgan fingerprint density at radius 3 is 2.60 bits per heavy atom. The largest absolute Gasteiger partial charge is 0.366 e. The Balaban J connectivity index is 2.81. The van der Waals surface area contributed by atoms with Crippen molar-refractivity contribution in [2.45, 2.75) is 19.4 Å². The number of primary amides is 1. The molecule has 0 bridgehead atoms. The molecular weight excluding hydrogens is 194 g/mol. The Morgan fingerprint density at radius 2 is 2.07 bits per heavy atom. The summed E-state index contributed by atoms with van der Waals surface area (Å²) in [6.45, 7) is 4.20.